The van der Waals surface area contributed by atoms with E-state index in [1.165, 1.54) is 17.2 Å². The van der Waals surface area contributed by atoms with Crippen LogP contribution >= 0.6 is 0 Å². The number of nitrogens with two attached hydrogens (primary N) is 1. The van der Waals surface area contributed by atoms with Gasteiger partial charge in [-0.25, -0.2) is 15.0 Å². The van der Waals surface area contributed by atoms with Crippen molar-refractivity contribution >= 4 is 17.0 Å². The van der Waals surface area contributed by atoms with Crippen LogP contribution in [0.2, 0.25) is 0 Å². The minimum absolute atomic E-state index is 0.176. The smallest absolute Gasteiger partial charge is 0.241 e. The fraction of sp³-hybridized carbons (Fsp3) is 0.462. The molecule has 2 aromatic heterocycles. The second kappa shape index (κ2) is 5.19. The quantitative estimate of drug-likeness (QED) is 0.476. The van der Waals surface area contributed by atoms with E-state index < -0.39 is 30.6 Å². The number of aliphatic hydroxyl groups is 3. The summed E-state index contributed by atoms with van der Waals surface area (Å²) >= 11 is 0. The lowest BCUT2D eigenvalue weighted by Crippen LogP contribution is -2.44. The van der Waals surface area contributed by atoms with Crippen LogP contribution in [0.25, 0.3) is 11.2 Å². The minimum atomic E-state index is -1.61. The number of hydrogen-bond acceptors (Lipinski definition) is 8. The summed E-state index contributed by atoms with van der Waals surface area (Å²) in [5, 5.41) is 29.8. The molecule has 3 heterocycles. The first-order valence-corrected chi connectivity index (χ1v) is 6.58. The summed E-state index contributed by atoms with van der Waals surface area (Å²) in [5.74, 6) is 5.58. The maximum atomic E-state index is 10.4. The lowest BCUT2D eigenvalue weighted by molar-refractivity contribution is -0.103. The zero-order chi connectivity index (χ0) is 15.9. The number of ether oxygens (including phenoxy) is 1. The summed E-state index contributed by atoms with van der Waals surface area (Å²) in [7, 11) is 0. The number of fused-ring (bicyclic) bond motifs is 1. The van der Waals surface area contributed by atoms with E-state index in [2.05, 4.69) is 26.8 Å². The Hall–Kier alpha value is -2.25. The normalized spacial score (nSPS) is 31.2. The zero-order valence-corrected chi connectivity index (χ0v) is 11.7. The Bertz CT molecular complexity index is 767. The van der Waals surface area contributed by atoms with E-state index in [0.717, 1.165) is 0 Å². The Balaban J connectivity index is 2.23. The Morgan fingerprint density at radius 2 is 2.18 bits per heavy atom. The summed E-state index contributed by atoms with van der Waals surface area (Å²) in [6.07, 6.45) is -1.07. The molecule has 116 valence electrons. The number of nitrogen functional groups attached to an aromatic ring is 1. The van der Waals surface area contributed by atoms with Crippen LogP contribution < -0.4 is 5.73 Å². The molecular formula is C13H15N5O4. The molecule has 0 amide bonds. The molecule has 1 aliphatic rings. The van der Waals surface area contributed by atoms with Gasteiger partial charge in [0.1, 0.15) is 36.5 Å². The third-order valence-electron chi connectivity index (χ3n) is 3.64. The van der Waals surface area contributed by atoms with Gasteiger partial charge in [0, 0.05) is 0 Å². The number of hydrogen-bond donors (Lipinski definition) is 4. The molecule has 1 aliphatic heterocycles. The van der Waals surface area contributed by atoms with E-state index in [-0.39, 0.29) is 5.82 Å². The summed E-state index contributed by atoms with van der Waals surface area (Å²) in [4.78, 5) is 12.0. The predicted octanol–water partition coefficient (Wildman–Crippen LogP) is -1.80. The zero-order valence-electron chi connectivity index (χ0n) is 11.7. The highest BCUT2D eigenvalue weighted by atomic mass is 16.6. The average molecular weight is 305 g/mol. The number of aromatic nitrogens is 4. The van der Waals surface area contributed by atoms with E-state index in [1.54, 1.807) is 6.92 Å². The van der Waals surface area contributed by atoms with Gasteiger partial charge < -0.3 is 25.8 Å². The monoisotopic (exact) mass is 305 g/mol. The summed E-state index contributed by atoms with van der Waals surface area (Å²) in [6, 6.07) is 0. The summed E-state index contributed by atoms with van der Waals surface area (Å²) < 4.78 is 7.04. The van der Waals surface area contributed by atoms with Crippen molar-refractivity contribution in [2.45, 2.75) is 31.0 Å². The topological polar surface area (TPSA) is 140 Å². The summed E-state index contributed by atoms with van der Waals surface area (Å²) in [6.45, 7) is 1.11. The van der Waals surface area contributed by atoms with Gasteiger partial charge >= 0.3 is 0 Å². The van der Waals surface area contributed by atoms with Crippen molar-refractivity contribution in [2.24, 2.45) is 0 Å². The minimum Gasteiger partial charge on any atom is -0.394 e. The fourth-order valence-electron chi connectivity index (χ4n) is 2.59. The van der Waals surface area contributed by atoms with E-state index in [0.29, 0.717) is 11.2 Å². The average Bonchev–Trinajstić information content (AvgIpc) is 3.04. The van der Waals surface area contributed by atoms with Gasteiger partial charge in [-0.1, -0.05) is 0 Å². The molecule has 2 aromatic rings. The molecule has 9 heteroatoms. The summed E-state index contributed by atoms with van der Waals surface area (Å²) in [5.41, 5.74) is 4.77. The standard InChI is InChI=1S/C13H15N5O4/c1-2-3-13(10(21)9(20)7(4-19)22-13)18-6-17-8-11(14)15-5-16-12(8)18/h5-7,9-10,19-21H,4H2,1H3,(H2,14,15,16)/t7-,9-,10-,13-/m1/s1. The molecule has 0 radical (unpaired) electrons. The molecule has 9 nitrogen and oxygen atoms in total. The van der Waals surface area contributed by atoms with Crippen molar-refractivity contribution in [3.8, 4) is 11.8 Å². The predicted molar refractivity (Wildman–Crippen MR) is 75.1 cm³/mol. The first kappa shape index (κ1) is 14.7. The van der Waals surface area contributed by atoms with E-state index >= 15 is 0 Å². The molecule has 5 N–H and O–H groups in total. The van der Waals surface area contributed by atoms with Crippen LogP contribution in [0.3, 0.4) is 0 Å². The van der Waals surface area contributed by atoms with Crippen molar-refractivity contribution < 1.29 is 20.1 Å². The second-order valence-corrected chi connectivity index (χ2v) is 4.89. The second-order valence-electron chi connectivity index (χ2n) is 4.89. The first-order valence-electron chi connectivity index (χ1n) is 6.58. The van der Waals surface area contributed by atoms with E-state index in [1.807, 2.05) is 0 Å². The van der Waals surface area contributed by atoms with E-state index in [9.17, 15) is 15.3 Å². The van der Waals surface area contributed by atoms with Gasteiger partial charge in [-0.3, -0.25) is 4.57 Å². The van der Waals surface area contributed by atoms with Crippen molar-refractivity contribution in [1.82, 2.24) is 19.5 Å². The molecule has 0 bridgehead atoms. The van der Waals surface area contributed by atoms with Gasteiger partial charge in [0.05, 0.1) is 6.61 Å². The van der Waals surface area contributed by atoms with Crippen LogP contribution in [0.1, 0.15) is 6.92 Å². The first-order chi connectivity index (χ1) is 10.5. The Kier molecular flexibility index (Phi) is 3.46. The molecule has 22 heavy (non-hydrogen) atoms. The Morgan fingerprint density at radius 3 is 2.82 bits per heavy atom. The highest BCUT2D eigenvalue weighted by Gasteiger charge is 2.55. The number of nitrogens with zero attached hydrogens (tertiary/aromatic N) is 4. The van der Waals surface area contributed by atoms with Crippen LogP contribution in [-0.2, 0) is 10.5 Å². The van der Waals surface area contributed by atoms with Crippen LogP contribution in [0.15, 0.2) is 12.7 Å². The fourth-order valence-corrected chi connectivity index (χ4v) is 2.59. The van der Waals surface area contributed by atoms with Crippen LogP contribution in [0.4, 0.5) is 5.82 Å². The SMILES string of the molecule is CC#C[C@@]1(n2cnc3c(N)ncnc32)O[C@H](CO)[C@@H](O)[C@H]1O. The van der Waals surface area contributed by atoms with Gasteiger partial charge in [0.25, 0.3) is 0 Å². The lowest BCUT2D eigenvalue weighted by atomic mass is 10.0. The molecule has 0 aromatic carbocycles. The molecule has 1 fully saturated rings. The highest BCUT2D eigenvalue weighted by Crippen LogP contribution is 2.37. The van der Waals surface area contributed by atoms with Crippen molar-refractivity contribution in [3.63, 3.8) is 0 Å². The molecule has 0 unspecified atom stereocenters. The molecule has 0 spiro atoms. The molecule has 0 aliphatic carbocycles. The van der Waals surface area contributed by atoms with E-state index in [4.69, 9.17) is 10.5 Å². The van der Waals surface area contributed by atoms with Gasteiger partial charge in [-0.15, -0.1) is 5.92 Å². The van der Waals surface area contributed by atoms with Crippen LogP contribution in [-0.4, -0.2) is 59.8 Å². The molecule has 3 rings (SSSR count). The van der Waals surface area contributed by atoms with Crippen LogP contribution in [0.5, 0.6) is 0 Å². The number of imidazole rings is 1. The maximum absolute atomic E-state index is 10.4. The number of rotatable bonds is 2. The van der Waals surface area contributed by atoms with Gasteiger partial charge in [-0.05, 0) is 12.8 Å². The molecular weight excluding hydrogens is 290 g/mol. The Labute approximate surface area is 125 Å². The van der Waals surface area contributed by atoms with Crippen molar-refractivity contribution in [2.75, 3.05) is 12.3 Å². The molecule has 0 saturated carbocycles. The maximum Gasteiger partial charge on any atom is 0.241 e. The van der Waals surface area contributed by atoms with Gasteiger partial charge in [-0.2, -0.15) is 0 Å². The van der Waals surface area contributed by atoms with Crippen molar-refractivity contribution in [1.29, 1.82) is 0 Å². The number of aliphatic hydroxyl groups excluding tert-OH is 3. The highest BCUT2D eigenvalue weighted by molar-refractivity contribution is 5.81. The third-order valence-corrected chi connectivity index (χ3v) is 3.64. The van der Waals surface area contributed by atoms with Crippen LogP contribution in [0, 0.1) is 11.8 Å². The lowest BCUT2D eigenvalue weighted by Gasteiger charge is -2.28. The molecule has 1 saturated heterocycles. The van der Waals surface area contributed by atoms with Gasteiger partial charge in [0.2, 0.25) is 5.72 Å². The van der Waals surface area contributed by atoms with Gasteiger partial charge in [0.15, 0.2) is 11.5 Å². The largest absolute Gasteiger partial charge is 0.394 e. The number of anilines is 1. The molecule has 4 atom stereocenters. The van der Waals surface area contributed by atoms with Crippen molar-refractivity contribution in [3.05, 3.63) is 12.7 Å². The Morgan fingerprint density at radius 1 is 1.41 bits per heavy atom. The third kappa shape index (κ3) is 1.86.